The van der Waals surface area contributed by atoms with Gasteiger partial charge in [-0.2, -0.15) is 0 Å². The Labute approximate surface area is 215 Å². The highest BCUT2D eigenvalue weighted by Crippen LogP contribution is 2.50. The van der Waals surface area contributed by atoms with Crippen molar-refractivity contribution in [2.24, 2.45) is 0 Å². The SMILES string of the molecule is c1ccc(-c2cccc(-n3cc4c5c(c6ccccc6cc53)-c3ccccc3-c3ccccc3-4)n2)cc1. The molecule has 1 aliphatic rings. The molecule has 0 spiro atoms. The molecule has 2 aromatic heterocycles. The summed E-state index contributed by atoms with van der Waals surface area (Å²) >= 11 is 0. The lowest BCUT2D eigenvalue weighted by atomic mass is 9.91. The quantitative estimate of drug-likeness (QED) is 0.246. The van der Waals surface area contributed by atoms with Crippen LogP contribution in [0.5, 0.6) is 0 Å². The summed E-state index contributed by atoms with van der Waals surface area (Å²) in [6.07, 6.45) is 2.29. The van der Waals surface area contributed by atoms with Crippen molar-refractivity contribution in [2.45, 2.75) is 0 Å². The molecule has 7 aromatic rings. The van der Waals surface area contributed by atoms with Gasteiger partial charge in [0, 0.05) is 28.3 Å². The monoisotopic (exact) mass is 470 g/mol. The number of aromatic nitrogens is 2. The first-order chi connectivity index (χ1) is 18.4. The van der Waals surface area contributed by atoms with Crippen molar-refractivity contribution in [3.63, 3.8) is 0 Å². The minimum absolute atomic E-state index is 0.921. The van der Waals surface area contributed by atoms with Crippen LogP contribution in [-0.2, 0) is 0 Å². The lowest BCUT2D eigenvalue weighted by molar-refractivity contribution is 1.05. The highest BCUT2D eigenvalue weighted by Gasteiger charge is 2.26. The summed E-state index contributed by atoms with van der Waals surface area (Å²) in [5.74, 6) is 0.921. The van der Waals surface area contributed by atoms with Crippen molar-refractivity contribution in [3.8, 4) is 50.5 Å². The third-order valence-electron chi connectivity index (χ3n) is 7.57. The first-order valence-electron chi connectivity index (χ1n) is 12.7. The van der Waals surface area contributed by atoms with Gasteiger partial charge in [-0.15, -0.1) is 0 Å². The molecule has 0 atom stereocenters. The van der Waals surface area contributed by atoms with Crippen LogP contribution in [0.3, 0.4) is 0 Å². The summed E-state index contributed by atoms with van der Waals surface area (Å²) in [5.41, 5.74) is 10.9. The molecule has 0 amide bonds. The molecule has 2 nitrogen and oxygen atoms in total. The van der Waals surface area contributed by atoms with Crippen LogP contribution in [0.15, 0.2) is 134 Å². The maximum Gasteiger partial charge on any atom is 0.137 e. The van der Waals surface area contributed by atoms with Gasteiger partial charge in [-0.25, -0.2) is 4.98 Å². The van der Waals surface area contributed by atoms with Gasteiger partial charge in [0.1, 0.15) is 5.82 Å². The second-order valence-corrected chi connectivity index (χ2v) is 9.62. The van der Waals surface area contributed by atoms with E-state index in [4.69, 9.17) is 4.98 Å². The number of hydrogen-bond donors (Lipinski definition) is 0. The predicted molar refractivity (Wildman–Crippen MR) is 154 cm³/mol. The second kappa shape index (κ2) is 7.78. The number of rotatable bonds is 2. The summed E-state index contributed by atoms with van der Waals surface area (Å²) in [5, 5.41) is 3.79. The molecule has 0 N–H and O–H groups in total. The molecule has 0 aliphatic heterocycles. The van der Waals surface area contributed by atoms with Crippen molar-refractivity contribution in [1.82, 2.24) is 9.55 Å². The summed E-state index contributed by atoms with van der Waals surface area (Å²) < 4.78 is 2.28. The average Bonchev–Trinajstić information content (AvgIpc) is 3.29. The fourth-order valence-electron chi connectivity index (χ4n) is 5.95. The summed E-state index contributed by atoms with van der Waals surface area (Å²) in [6, 6.07) is 45.4. The lowest BCUT2D eigenvalue weighted by Gasteiger charge is -2.14. The van der Waals surface area contributed by atoms with Crippen molar-refractivity contribution >= 4 is 21.7 Å². The first-order valence-corrected chi connectivity index (χ1v) is 12.7. The molecular formula is C35H22N2. The van der Waals surface area contributed by atoms with E-state index in [2.05, 4.69) is 132 Å². The Kier molecular flexibility index (Phi) is 4.26. The zero-order valence-electron chi connectivity index (χ0n) is 20.1. The van der Waals surface area contributed by atoms with Gasteiger partial charge in [-0.3, -0.25) is 0 Å². The van der Waals surface area contributed by atoms with Crippen molar-refractivity contribution in [2.75, 3.05) is 0 Å². The maximum atomic E-state index is 5.13. The van der Waals surface area contributed by atoms with E-state index >= 15 is 0 Å². The van der Waals surface area contributed by atoms with Crippen LogP contribution in [0.1, 0.15) is 0 Å². The van der Waals surface area contributed by atoms with E-state index in [1.54, 1.807) is 0 Å². The number of benzene rings is 5. The molecule has 0 radical (unpaired) electrons. The zero-order valence-corrected chi connectivity index (χ0v) is 20.1. The van der Waals surface area contributed by atoms with Gasteiger partial charge in [0.2, 0.25) is 0 Å². The Balaban J connectivity index is 1.52. The largest absolute Gasteiger partial charge is 0.301 e. The van der Waals surface area contributed by atoms with Crippen LogP contribution in [0, 0.1) is 0 Å². The van der Waals surface area contributed by atoms with Crippen LogP contribution < -0.4 is 0 Å². The molecule has 0 fully saturated rings. The third kappa shape index (κ3) is 2.96. The van der Waals surface area contributed by atoms with Gasteiger partial charge >= 0.3 is 0 Å². The molecule has 1 aliphatic carbocycles. The van der Waals surface area contributed by atoms with E-state index in [1.807, 2.05) is 6.07 Å². The Hall–Kier alpha value is -4.95. The molecule has 37 heavy (non-hydrogen) atoms. The number of fused-ring (bicyclic) bond motifs is 7. The summed E-state index contributed by atoms with van der Waals surface area (Å²) in [4.78, 5) is 5.13. The molecule has 2 heteroatoms. The van der Waals surface area contributed by atoms with Crippen molar-refractivity contribution in [1.29, 1.82) is 0 Å². The van der Waals surface area contributed by atoms with Crippen LogP contribution in [0.4, 0.5) is 0 Å². The molecule has 0 saturated carbocycles. The Morgan fingerprint density at radius 1 is 0.514 bits per heavy atom. The van der Waals surface area contributed by atoms with Gasteiger partial charge in [0.05, 0.1) is 11.2 Å². The second-order valence-electron chi connectivity index (χ2n) is 9.62. The Bertz CT molecular complexity index is 1980. The lowest BCUT2D eigenvalue weighted by Crippen LogP contribution is -1.98. The fraction of sp³-hybridized carbons (Fsp3) is 0. The Morgan fingerprint density at radius 3 is 1.97 bits per heavy atom. The van der Waals surface area contributed by atoms with E-state index in [0.717, 1.165) is 17.1 Å². The van der Waals surface area contributed by atoms with Crippen molar-refractivity contribution < 1.29 is 0 Å². The molecule has 0 unspecified atom stereocenters. The molecule has 5 aromatic carbocycles. The number of pyridine rings is 1. The van der Waals surface area contributed by atoms with E-state index in [-0.39, 0.29) is 0 Å². The van der Waals surface area contributed by atoms with Crippen molar-refractivity contribution in [3.05, 3.63) is 134 Å². The minimum Gasteiger partial charge on any atom is -0.301 e. The molecule has 0 bridgehead atoms. The first kappa shape index (κ1) is 20.3. The average molecular weight is 471 g/mol. The van der Waals surface area contributed by atoms with Gasteiger partial charge in [-0.05, 0) is 51.2 Å². The van der Waals surface area contributed by atoms with Crippen LogP contribution >= 0.6 is 0 Å². The van der Waals surface area contributed by atoms with E-state index < -0.39 is 0 Å². The van der Waals surface area contributed by atoms with E-state index in [9.17, 15) is 0 Å². The molecule has 0 saturated heterocycles. The standard InChI is InChI=1S/C35H22N2/c1-2-11-23(12-3-1)31-19-10-20-33(36-31)37-22-30-28-17-7-6-15-26(28)27-16-8-9-18-29(27)34-25-14-5-4-13-24(25)21-32(37)35(30)34/h1-22H. The number of hydrogen-bond acceptors (Lipinski definition) is 1. The van der Waals surface area contributed by atoms with E-state index in [1.165, 1.54) is 55.1 Å². The predicted octanol–water partition coefficient (Wildman–Crippen LogP) is 9.16. The van der Waals surface area contributed by atoms with E-state index in [0.29, 0.717) is 0 Å². The third-order valence-corrected chi connectivity index (χ3v) is 7.57. The van der Waals surface area contributed by atoms with Crippen LogP contribution in [0.2, 0.25) is 0 Å². The van der Waals surface area contributed by atoms with Crippen LogP contribution in [-0.4, -0.2) is 9.55 Å². The van der Waals surface area contributed by atoms with Gasteiger partial charge in [-0.1, -0.05) is 109 Å². The minimum atomic E-state index is 0.921. The Morgan fingerprint density at radius 2 is 1.16 bits per heavy atom. The normalized spacial score (nSPS) is 11.8. The maximum absolute atomic E-state index is 5.13. The zero-order chi connectivity index (χ0) is 24.3. The highest BCUT2D eigenvalue weighted by atomic mass is 15.1. The molecule has 8 rings (SSSR count). The van der Waals surface area contributed by atoms with Gasteiger partial charge in [0.15, 0.2) is 0 Å². The topological polar surface area (TPSA) is 17.8 Å². The highest BCUT2D eigenvalue weighted by molar-refractivity contribution is 6.21. The molecule has 2 heterocycles. The van der Waals surface area contributed by atoms with Gasteiger partial charge < -0.3 is 4.57 Å². The molecule has 172 valence electrons. The van der Waals surface area contributed by atoms with Crippen LogP contribution in [0.25, 0.3) is 72.1 Å². The summed E-state index contributed by atoms with van der Waals surface area (Å²) in [6.45, 7) is 0. The van der Waals surface area contributed by atoms with Gasteiger partial charge in [0.25, 0.3) is 0 Å². The molecular weight excluding hydrogens is 448 g/mol. The fourth-order valence-corrected chi connectivity index (χ4v) is 5.95. The smallest absolute Gasteiger partial charge is 0.137 e. The summed E-state index contributed by atoms with van der Waals surface area (Å²) in [7, 11) is 0. The number of nitrogens with zero attached hydrogens (tertiary/aromatic N) is 2.